The summed E-state index contributed by atoms with van der Waals surface area (Å²) in [5, 5.41) is -3.96. The van der Waals surface area contributed by atoms with Crippen molar-refractivity contribution < 1.29 is 43.9 Å². The van der Waals surface area contributed by atoms with E-state index in [2.05, 4.69) is 4.98 Å². The average molecular weight is 868 g/mol. The Bertz CT molecular complexity index is 5170. The maximum atomic E-state index is 10.8. The average Bonchev–Trinajstić information content (AvgIpc) is 1.22. The summed E-state index contributed by atoms with van der Waals surface area (Å²) in [6, 6.07) is -14.6. The molecule has 0 aliphatic carbocycles. The van der Waals surface area contributed by atoms with Gasteiger partial charge >= 0.3 is 0 Å². The zero-order chi connectivity index (χ0) is 70.4. The Labute approximate surface area is 417 Å². The number of nitrogens with zero attached hydrogens (tertiary/aromatic N) is 5. The molecule has 64 heavy (non-hydrogen) atoms. The molecular weight excluding hydrogens is 795 g/mol. The molecule has 0 aliphatic heterocycles. The zero-order valence-corrected chi connectivity index (χ0v) is 33.4. The van der Waals surface area contributed by atoms with Crippen molar-refractivity contribution in [3.05, 3.63) is 235 Å². The first-order valence-electron chi connectivity index (χ1n) is 35.2. The second-order valence-electron chi connectivity index (χ2n) is 14.0. The molecule has 302 valence electrons. The third-order valence-electron chi connectivity index (χ3n) is 10.6. The predicted molar refractivity (Wildman–Crippen MR) is 268 cm³/mol. The van der Waals surface area contributed by atoms with Crippen molar-refractivity contribution in [1.29, 1.82) is 0 Å². The molecular formula is C58H41N5Si. The number of fused-ring (bicyclic) bond motifs is 6. The summed E-state index contributed by atoms with van der Waals surface area (Å²) in [7, 11) is -5.56. The first-order valence-corrected chi connectivity index (χ1v) is 21.2. The molecule has 1 atom stereocenters. The van der Waals surface area contributed by atoms with Crippen LogP contribution in [0.1, 0.15) is 49.4 Å². The summed E-state index contributed by atoms with van der Waals surface area (Å²) in [5.74, 6) is -2.98. The molecule has 12 aromatic rings. The molecule has 0 aliphatic rings. The Balaban J connectivity index is 1.36. The van der Waals surface area contributed by atoms with Crippen LogP contribution in [0.25, 0.3) is 78.0 Å². The van der Waals surface area contributed by atoms with Gasteiger partial charge in [-0.1, -0.05) is 211 Å². The normalized spacial score (nSPS) is 19.8. The van der Waals surface area contributed by atoms with Gasteiger partial charge in [0.2, 0.25) is 11.9 Å². The number of hydrogen-bond acceptors (Lipinski definition) is 3. The highest BCUT2D eigenvalue weighted by Crippen LogP contribution is 2.34. The number of rotatable bonds is 8. The van der Waals surface area contributed by atoms with Crippen LogP contribution in [-0.2, 0) is 0 Å². The smallest absolute Gasteiger partial charge is 0.240 e. The van der Waals surface area contributed by atoms with Crippen molar-refractivity contribution in [2.24, 2.45) is 0 Å². The van der Waals surface area contributed by atoms with Gasteiger partial charge in [-0.2, -0.15) is 15.0 Å². The molecule has 9 aromatic carbocycles. The summed E-state index contributed by atoms with van der Waals surface area (Å²) < 4.78 is 295. The van der Waals surface area contributed by atoms with Crippen LogP contribution in [-0.4, -0.2) is 32.2 Å². The van der Waals surface area contributed by atoms with E-state index in [9.17, 15) is 20.6 Å². The van der Waals surface area contributed by atoms with Crippen molar-refractivity contribution >= 4 is 72.4 Å². The molecule has 3 heterocycles. The van der Waals surface area contributed by atoms with Crippen LogP contribution in [0.5, 0.6) is 0 Å². The topological polar surface area (TPSA) is 48.5 Å². The summed E-state index contributed by atoms with van der Waals surface area (Å²) in [6.07, 6.45) is 0. The summed E-state index contributed by atoms with van der Waals surface area (Å²) in [5.41, 5.74) is -5.29. The fourth-order valence-corrected chi connectivity index (χ4v) is 12.2. The summed E-state index contributed by atoms with van der Waals surface area (Å²) in [4.78, 5) is 14.1. The van der Waals surface area contributed by atoms with Crippen LogP contribution in [0, 0.1) is 6.85 Å². The number of hydrogen-bond donors (Lipinski definition) is 0. The first-order chi connectivity index (χ1) is 44.9. The van der Waals surface area contributed by atoms with Gasteiger partial charge in [-0.25, -0.2) is 0 Å². The van der Waals surface area contributed by atoms with Gasteiger partial charge in [0, 0.05) is 31.2 Å². The summed E-state index contributed by atoms with van der Waals surface area (Å²) >= 11 is 0. The highest BCUT2D eigenvalue weighted by atomic mass is 28.3. The van der Waals surface area contributed by atoms with E-state index in [-0.39, 0.29) is 15.9 Å². The lowest BCUT2D eigenvalue weighted by Gasteiger charge is -2.35. The standard InChI is InChI=1S/C58H41N5Si/c1-40-19-16-26-45(37-40)64(44-24-6-3-7-25-44,46-27-17-22-42(38-46)41-20-4-2-5-21-41)47-28-18-23-43(39-47)56-59-57(62-52-33-12-8-29-48(52)49-30-9-13-34-53(49)62)61-58(60-56)63-54-35-14-10-31-50(54)51-32-11-15-36-55(51)63/h2-39H,1H3/i1D3,2D,4D,5D,8D,9D,10D,11D,12D,13D,14D,15D,16D,18D,19D,20D,21D,23D,26D,28D,29D,30D,31D,32D,33D,34D,35D,36D,37D,39D. The van der Waals surface area contributed by atoms with E-state index in [4.69, 9.17) is 33.3 Å². The van der Waals surface area contributed by atoms with Crippen molar-refractivity contribution in [3.8, 4) is 34.4 Å². The second kappa shape index (κ2) is 15.3. The predicted octanol–water partition coefficient (Wildman–Crippen LogP) is 11.1. The fourth-order valence-electron chi connectivity index (χ4n) is 7.94. The molecule has 0 fully saturated rings. The second-order valence-corrected chi connectivity index (χ2v) is 17.7. The van der Waals surface area contributed by atoms with Crippen molar-refractivity contribution in [3.63, 3.8) is 0 Å². The van der Waals surface area contributed by atoms with Crippen LogP contribution in [0.2, 0.25) is 0 Å². The lowest BCUT2D eigenvalue weighted by molar-refractivity contribution is 0.893. The molecule has 0 radical (unpaired) electrons. The van der Waals surface area contributed by atoms with Crippen LogP contribution in [0.4, 0.5) is 0 Å². The van der Waals surface area contributed by atoms with Crippen LogP contribution in [0.15, 0.2) is 230 Å². The highest BCUT2D eigenvalue weighted by molar-refractivity contribution is 7.20. The third kappa shape index (κ3) is 6.03. The molecule has 12 rings (SSSR count). The molecule has 0 spiro atoms. The van der Waals surface area contributed by atoms with E-state index in [1.807, 2.05) is 0 Å². The molecule has 3 aromatic heterocycles. The number of para-hydroxylation sites is 4. The van der Waals surface area contributed by atoms with E-state index in [1.54, 1.807) is 0 Å². The van der Waals surface area contributed by atoms with Gasteiger partial charge in [-0.3, -0.25) is 9.13 Å². The van der Waals surface area contributed by atoms with Gasteiger partial charge in [-0.05, 0) is 62.9 Å². The monoisotopic (exact) mass is 868 g/mol. The van der Waals surface area contributed by atoms with E-state index in [1.165, 1.54) is 54.6 Å². The number of aromatic nitrogens is 5. The number of benzene rings is 9. The molecule has 5 nitrogen and oxygen atoms in total. The lowest BCUT2D eigenvalue weighted by atomic mass is 10.1. The maximum Gasteiger partial charge on any atom is 0.240 e. The first kappa shape index (κ1) is 17.2. The van der Waals surface area contributed by atoms with Gasteiger partial charge in [-0.15, -0.1) is 0 Å². The van der Waals surface area contributed by atoms with E-state index in [0.29, 0.717) is 0 Å². The minimum absolute atomic E-state index is 0.0805. The van der Waals surface area contributed by atoms with Crippen molar-refractivity contribution in [2.45, 2.75) is 6.85 Å². The molecule has 0 amide bonds. The SMILES string of the molecule is [2H]c1c([2H])c([2H])c(-c2cccc([Si](c3ccccc3)(c3c([2H])c([2H])c([2H])c(-c4nc(-n5c6c([2H])c([2H])c([2H])c([2H])c6c6c([2H])c([2H])c([2H])c([2H])c65)nc(-n5c6c([2H])c([2H])c([2H])c([2H])c6c6c([2H])c([2H])c([2H])c([2H])c65)n4)c3[2H])c3c([2H])c([2H])c([2H])c(C([2H])([2H])[2H])c3[2H])c2)c([2H])c1[2H]. The molecule has 6 heteroatoms. The van der Waals surface area contributed by atoms with Crippen LogP contribution in [0.3, 0.4) is 0 Å². The van der Waals surface area contributed by atoms with E-state index in [0.717, 1.165) is 9.13 Å². The Morgan fingerprint density at radius 2 is 0.906 bits per heavy atom. The van der Waals surface area contributed by atoms with Gasteiger partial charge in [0.15, 0.2) is 13.9 Å². The Kier molecular flexibility index (Phi) is 4.11. The largest absolute Gasteiger partial charge is 0.278 e. The highest BCUT2D eigenvalue weighted by Gasteiger charge is 2.42. The molecule has 0 saturated carbocycles. The quantitative estimate of drug-likeness (QED) is 0.113. The Hall–Kier alpha value is -8.19. The summed E-state index contributed by atoms with van der Waals surface area (Å²) in [6.45, 7) is -3.43. The lowest BCUT2D eigenvalue weighted by Crippen LogP contribution is -2.74. The molecule has 1 unspecified atom stereocenters. The maximum absolute atomic E-state index is 10.8. The molecule has 0 saturated heterocycles. The minimum Gasteiger partial charge on any atom is -0.278 e. The molecule has 0 N–H and O–H groups in total. The fraction of sp³-hybridized carbons (Fsp3) is 0.0172. The Morgan fingerprint density at radius 1 is 0.406 bits per heavy atom. The van der Waals surface area contributed by atoms with Crippen LogP contribution >= 0.6 is 0 Å². The van der Waals surface area contributed by atoms with Crippen LogP contribution < -0.4 is 20.7 Å². The third-order valence-corrected chi connectivity index (χ3v) is 15.0. The van der Waals surface area contributed by atoms with Crippen molar-refractivity contribution in [2.75, 3.05) is 0 Å². The Morgan fingerprint density at radius 3 is 1.48 bits per heavy atom. The minimum atomic E-state index is -5.56. The van der Waals surface area contributed by atoms with Gasteiger partial charge in [0.1, 0.15) is 0 Å². The van der Waals surface area contributed by atoms with Gasteiger partial charge in [0.05, 0.1) is 61.8 Å². The molecule has 0 bridgehead atoms. The van der Waals surface area contributed by atoms with E-state index < -0.39 is 279 Å². The van der Waals surface area contributed by atoms with Gasteiger partial charge < -0.3 is 0 Å². The van der Waals surface area contributed by atoms with Crippen molar-refractivity contribution in [1.82, 2.24) is 24.1 Å². The van der Waals surface area contributed by atoms with E-state index >= 15 is 0 Å². The van der Waals surface area contributed by atoms with Gasteiger partial charge in [0.25, 0.3) is 0 Å². The zero-order valence-electron chi connectivity index (χ0n) is 64.4.